The van der Waals surface area contributed by atoms with Gasteiger partial charge in [0.05, 0.1) is 18.7 Å². The molecule has 0 radical (unpaired) electrons. The number of hydrogen-bond acceptors (Lipinski definition) is 4. The number of likely N-dealkylation sites (tertiary alicyclic amines) is 1. The first-order valence-electron chi connectivity index (χ1n) is 9.11. The van der Waals surface area contributed by atoms with Gasteiger partial charge < -0.3 is 19.9 Å². The van der Waals surface area contributed by atoms with E-state index in [1.54, 1.807) is 21.9 Å². The number of rotatable bonds is 3. The summed E-state index contributed by atoms with van der Waals surface area (Å²) in [6.07, 6.45) is 2.07. The Hall–Kier alpha value is -2.48. The molecule has 1 aromatic rings. The Morgan fingerprint density at radius 2 is 1.96 bits per heavy atom. The third-order valence-corrected chi connectivity index (χ3v) is 5.13. The van der Waals surface area contributed by atoms with E-state index in [9.17, 15) is 18.8 Å². The molecule has 0 bridgehead atoms. The minimum Gasteiger partial charge on any atom is -0.363 e. The molecule has 27 heavy (non-hydrogen) atoms. The van der Waals surface area contributed by atoms with Gasteiger partial charge in [-0.05, 0) is 43.5 Å². The van der Waals surface area contributed by atoms with Crippen LogP contribution in [0.25, 0.3) is 0 Å². The van der Waals surface area contributed by atoms with Gasteiger partial charge in [0.25, 0.3) is 5.91 Å². The van der Waals surface area contributed by atoms with E-state index in [-0.39, 0.29) is 36.7 Å². The summed E-state index contributed by atoms with van der Waals surface area (Å²) in [4.78, 5) is 38.9. The predicted octanol–water partition coefficient (Wildman–Crippen LogP) is 1.08. The molecule has 1 N–H and O–H groups in total. The van der Waals surface area contributed by atoms with Gasteiger partial charge in [-0.15, -0.1) is 0 Å². The van der Waals surface area contributed by atoms with Gasteiger partial charge in [-0.3, -0.25) is 14.4 Å². The minimum absolute atomic E-state index is 0.0105. The van der Waals surface area contributed by atoms with Crippen molar-refractivity contribution < 1.29 is 23.5 Å². The highest BCUT2D eigenvalue weighted by molar-refractivity contribution is 5.95. The number of amides is 3. The van der Waals surface area contributed by atoms with E-state index >= 15 is 0 Å². The summed E-state index contributed by atoms with van der Waals surface area (Å²) < 4.78 is 19.1. The number of nitrogens with zero attached hydrogens (tertiary/aromatic N) is 2. The van der Waals surface area contributed by atoms with Crippen molar-refractivity contribution in [3.05, 3.63) is 30.1 Å². The number of benzene rings is 1. The average Bonchev–Trinajstić information content (AvgIpc) is 2.85. The first-order chi connectivity index (χ1) is 12.9. The Morgan fingerprint density at radius 3 is 2.67 bits per heavy atom. The van der Waals surface area contributed by atoms with Crippen LogP contribution in [0.15, 0.2) is 24.3 Å². The smallest absolute Gasteiger partial charge is 0.253 e. The van der Waals surface area contributed by atoms with Crippen molar-refractivity contribution >= 4 is 23.4 Å². The molecule has 1 atom stereocenters. The molecule has 0 aliphatic carbocycles. The molecule has 7 nitrogen and oxygen atoms in total. The summed E-state index contributed by atoms with van der Waals surface area (Å²) >= 11 is 0. The molecule has 2 heterocycles. The Morgan fingerprint density at radius 1 is 1.22 bits per heavy atom. The molecule has 2 aliphatic rings. The summed E-state index contributed by atoms with van der Waals surface area (Å²) in [5, 5.41) is 2.53. The lowest BCUT2D eigenvalue weighted by molar-refractivity contribution is -0.141. The van der Waals surface area contributed by atoms with Crippen molar-refractivity contribution in [1.82, 2.24) is 10.2 Å². The van der Waals surface area contributed by atoms with Crippen molar-refractivity contribution in [2.24, 2.45) is 0 Å². The van der Waals surface area contributed by atoms with E-state index in [0.717, 1.165) is 12.8 Å². The average molecular weight is 377 g/mol. The van der Waals surface area contributed by atoms with Gasteiger partial charge in [-0.25, -0.2) is 4.39 Å². The van der Waals surface area contributed by atoms with E-state index < -0.39 is 5.60 Å². The van der Waals surface area contributed by atoms with Gasteiger partial charge >= 0.3 is 0 Å². The van der Waals surface area contributed by atoms with Gasteiger partial charge in [-0.2, -0.15) is 0 Å². The fourth-order valence-electron chi connectivity index (χ4n) is 3.60. The highest BCUT2D eigenvalue weighted by Crippen LogP contribution is 2.32. The lowest BCUT2D eigenvalue weighted by Crippen LogP contribution is -2.55. The maximum atomic E-state index is 13.2. The molecule has 3 amide bonds. The number of ether oxygens (including phenoxy) is 1. The monoisotopic (exact) mass is 377 g/mol. The molecule has 3 rings (SSSR count). The van der Waals surface area contributed by atoms with Crippen LogP contribution in [0.4, 0.5) is 10.1 Å². The molecule has 0 aromatic heterocycles. The van der Waals surface area contributed by atoms with Gasteiger partial charge in [0, 0.05) is 25.7 Å². The van der Waals surface area contributed by atoms with Crippen molar-refractivity contribution in [2.75, 3.05) is 37.7 Å². The van der Waals surface area contributed by atoms with Crippen molar-refractivity contribution in [3.63, 3.8) is 0 Å². The summed E-state index contributed by atoms with van der Waals surface area (Å²) in [7, 11) is 0. The van der Waals surface area contributed by atoms with Crippen LogP contribution in [-0.2, 0) is 19.1 Å². The number of anilines is 1. The van der Waals surface area contributed by atoms with Crippen LogP contribution in [0.1, 0.15) is 26.2 Å². The first kappa shape index (κ1) is 19.3. The van der Waals surface area contributed by atoms with Crippen LogP contribution >= 0.6 is 0 Å². The fourth-order valence-corrected chi connectivity index (χ4v) is 3.60. The van der Waals surface area contributed by atoms with Crippen LogP contribution < -0.4 is 10.2 Å². The zero-order valence-electron chi connectivity index (χ0n) is 15.4. The normalized spacial score (nSPS) is 23.3. The molecular formula is C19H24FN3O4. The summed E-state index contributed by atoms with van der Waals surface area (Å²) in [6.45, 7) is 2.81. The third-order valence-electron chi connectivity index (χ3n) is 5.13. The van der Waals surface area contributed by atoms with E-state index in [2.05, 4.69) is 5.32 Å². The van der Waals surface area contributed by atoms with Crippen LogP contribution in [0.2, 0.25) is 0 Å². The van der Waals surface area contributed by atoms with Crippen molar-refractivity contribution in [2.45, 2.75) is 31.8 Å². The molecule has 2 saturated heterocycles. The molecule has 2 fully saturated rings. The van der Waals surface area contributed by atoms with Gasteiger partial charge in [0.2, 0.25) is 11.8 Å². The highest BCUT2D eigenvalue weighted by atomic mass is 19.1. The molecule has 0 saturated carbocycles. The summed E-state index contributed by atoms with van der Waals surface area (Å²) in [5.74, 6) is -0.865. The maximum Gasteiger partial charge on any atom is 0.253 e. The highest BCUT2D eigenvalue weighted by Gasteiger charge is 2.41. The molecule has 146 valence electrons. The number of carbonyl (C=O) groups is 3. The second-order valence-corrected chi connectivity index (χ2v) is 7.07. The topological polar surface area (TPSA) is 79.0 Å². The number of morpholine rings is 1. The predicted molar refractivity (Wildman–Crippen MR) is 96.6 cm³/mol. The van der Waals surface area contributed by atoms with Crippen LogP contribution in [0, 0.1) is 5.82 Å². The van der Waals surface area contributed by atoms with Crippen molar-refractivity contribution in [3.8, 4) is 0 Å². The minimum atomic E-state index is -0.522. The molecular weight excluding hydrogens is 353 g/mol. The molecule has 2 aliphatic heterocycles. The number of hydrogen-bond donors (Lipinski definition) is 1. The summed E-state index contributed by atoms with van der Waals surface area (Å²) in [5.41, 5.74) is 0.123. The van der Waals surface area contributed by atoms with Gasteiger partial charge in [-0.1, -0.05) is 0 Å². The Kier molecular flexibility index (Phi) is 5.74. The maximum absolute atomic E-state index is 13.2. The zero-order chi connectivity index (χ0) is 19.4. The lowest BCUT2D eigenvalue weighted by Gasteiger charge is -2.42. The Balaban J connectivity index is 1.67. The first-order valence-corrected chi connectivity index (χ1v) is 9.11. The molecule has 1 spiro atoms. The van der Waals surface area contributed by atoms with Crippen LogP contribution in [0.3, 0.4) is 0 Å². The summed E-state index contributed by atoms with van der Waals surface area (Å²) in [6, 6.07) is 5.85. The second-order valence-electron chi connectivity index (χ2n) is 7.07. The second kappa shape index (κ2) is 8.04. The third kappa shape index (κ3) is 4.63. The zero-order valence-corrected chi connectivity index (χ0v) is 15.4. The standard InChI is InChI=1S/C19H24FN3O4/c1-14(24)21-11-17(25)22-9-2-7-19(8-10-22)13-23(18(26)12-27-19)16-5-3-15(20)4-6-16/h3-6H,2,7-13H2,1H3,(H,21,24). The van der Waals surface area contributed by atoms with Crippen molar-refractivity contribution in [1.29, 1.82) is 0 Å². The van der Waals surface area contributed by atoms with E-state index in [4.69, 9.17) is 4.74 Å². The molecule has 1 aromatic carbocycles. The fraction of sp³-hybridized carbons (Fsp3) is 0.526. The van der Waals surface area contributed by atoms with Crippen LogP contribution in [-0.4, -0.2) is 61.0 Å². The number of nitrogens with one attached hydrogen (secondary N) is 1. The lowest BCUT2D eigenvalue weighted by atomic mass is 9.92. The van der Waals surface area contributed by atoms with Gasteiger partial charge in [0.1, 0.15) is 12.4 Å². The van der Waals surface area contributed by atoms with E-state index in [1.807, 2.05) is 0 Å². The number of halogens is 1. The SMILES string of the molecule is CC(=O)NCC(=O)N1CCCC2(CC1)CN(c1ccc(F)cc1)C(=O)CO2. The Labute approximate surface area is 157 Å². The number of carbonyl (C=O) groups excluding carboxylic acids is 3. The largest absolute Gasteiger partial charge is 0.363 e. The molecule has 1 unspecified atom stereocenters. The van der Waals surface area contributed by atoms with Crippen LogP contribution in [0.5, 0.6) is 0 Å². The van der Waals surface area contributed by atoms with E-state index in [0.29, 0.717) is 31.7 Å². The Bertz CT molecular complexity index is 724. The van der Waals surface area contributed by atoms with E-state index in [1.165, 1.54) is 19.1 Å². The van der Waals surface area contributed by atoms with Gasteiger partial charge in [0.15, 0.2) is 0 Å². The molecule has 8 heteroatoms. The quantitative estimate of drug-likeness (QED) is 0.855.